The van der Waals surface area contributed by atoms with E-state index in [1.165, 1.54) is 0 Å². The summed E-state index contributed by atoms with van der Waals surface area (Å²) in [7, 11) is 0. The number of rotatable bonds is 2. The van der Waals surface area contributed by atoms with Gasteiger partial charge in [0.2, 0.25) is 0 Å². The molecule has 1 aliphatic heterocycles. The summed E-state index contributed by atoms with van der Waals surface area (Å²) in [4.78, 5) is 25.5. The van der Waals surface area contributed by atoms with E-state index in [2.05, 4.69) is 5.10 Å². The second kappa shape index (κ2) is 6.16. The lowest BCUT2D eigenvalue weighted by Gasteiger charge is -2.35. The normalized spacial score (nSPS) is 17.9. The minimum absolute atomic E-state index is 0.0841. The Morgan fingerprint density at radius 3 is 2.73 bits per heavy atom. The summed E-state index contributed by atoms with van der Waals surface area (Å²) in [5.74, 6) is -0.576. The van der Waals surface area contributed by atoms with Crippen molar-refractivity contribution in [2.75, 3.05) is 6.07 Å². The van der Waals surface area contributed by atoms with Gasteiger partial charge in [0, 0.05) is 0 Å². The van der Waals surface area contributed by atoms with E-state index >= 15 is 0 Å². The van der Waals surface area contributed by atoms with E-state index < -0.39 is 11.6 Å². The van der Waals surface area contributed by atoms with Crippen LogP contribution >= 0.6 is 11.6 Å². The van der Waals surface area contributed by atoms with Crippen LogP contribution in [0.1, 0.15) is 43.9 Å². The highest BCUT2D eigenvalue weighted by Crippen LogP contribution is 2.21. The molecular weight excluding hydrogens is 310 g/mol. The van der Waals surface area contributed by atoms with E-state index in [0.29, 0.717) is 13.1 Å². The first-order chi connectivity index (χ1) is 10.2. The number of carbonyl (C=O) groups is 2. The second-order valence-electron chi connectivity index (χ2n) is 6.20. The van der Waals surface area contributed by atoms with Crippen molar-refractivity contribution < 1.29 is 19.1 Å². The first-order valence-electron chi connectivity index (χ1n) is 7.00. The van der Waals surface area contributed by atoms with Crippen molar-refractivity contribution in [3.8, 4) is 0 Å². The summed E-state index contributed by atoms with van der Waals surface area (Å²) in [6, 6.07) is 1.30. The lowest BCUT2D eigenvalue weighted by atomic mass is 10.2. The molecule has 7 nitrogen and oxygen atoms in total. The second-order valence-corrected chi connectivity index (χ2v) is 6.42. The maximum absolute atomic E-state index is 12.2. The van der Waals surface area contributed by atoms with Gasteiger partial charge < -0.3 is 9.47 Å². The van der Waals surface area contributed by atoms with Crippen molar-refractivity contribution in [3.63, 3.8) is 0 Å². The van der Waals surface area contributed by atoms with Gasteiger partial charge in [0.05, 0.1) is 24.8 Å². The standard InChI is InChI=1S/C14H20ClN3O4/c1-9-6-18-10(5-11(16-18)12(19)21-8-15)7-17(9)13(20)22-14(2,3)4/h5,9H,6-8H2,1-4H3. The summed E-state index contributed by atoms with van der Waals surface area (Å²) in [5.41, 5.74) is 0.392. The van der Waals surface area contributed by atoms with Gasteiger partial charge in [-0.05, 0) is 33.8 Å². The van der Waals surface area contributed by atoms with Crippen molar-refractivity contribution in [3.05, 3.63) is 17.5 Å². The molecule has 22 heavy (non-hydrogen) atoms. The first-order valence-corrected chi connectivity index (χ1v) is 7.54. The maximum atomic E-state index is 12.2. The number of hydrogen-bond donors (Lipinski definition) is 0. The summed E-state index contributed by atoms with van der Waals surface area (Å²) in [5, 5.41) is 4.19. The van der Waals surface area contributed by atoms with Crippen molar-refractivity contribution in [2.45, 2.75) is 52.4 Å². The molecule has 1 aliphatic rings. The highest BCUT2D eigenvalue weighted by atomic mass is 35.5. The number of esters is 1. The topological polar surface area (TPSA) is 73.7 Å². The van der Waals surface area contributed by atoms with Gasteiger partial charge in [0.15, 0.2) is 11.8 Å². The van der Waals surface area contributed by atoms with Gasteiger partial charge >= 0.3 is 12.1 Å². The van der Waals surface area contributed by atoms with Gasteiger partial charge in [-0.1, -0.05) is 11.6 Å². The zero-order valence-electron chi connectivity index (χ0n) is 13.1. The van der Waals surface area contributed by atoms with Gasteiger partial charge in [0.1, 0.15) is 5.60 Å². The maximum Gasteiger partial charge on any atom is 0.410 e. The fourth-order valence-corrected chi connectivity index (χ4v) is 2.31. The van der Waals surface area contributed by atoms with Crippen molar-refractivity contribution in [1.82, 2.24) is 14.7 Å². The summed E-state index contributed by atoms with van der Waals surface area (Å²) in [6.45, 7) is 8.20. The zero-order chi connectivity index (χ0) is 16.5. The SMILES string of the molecule is CC1Cn2nc(C(=O)OCCl)cc2CN1C(=O)OC(C)(C)C. The number of nitrogens with zero attached hydrogens (tertiary/aromatic N) is 3. The minimum atomic E-state index is -0.576. The third-order valence-corrected chi connectivity index (χ3v) is 3.30. The fourth-order valence-electron chi connectivity index (χ4n) is 2.21. The van der Waals surface area contributed by atoms with Crippen LogP contribution < -0.4 is 0 Å². The molecule has 0 spiro atoms. The number of alkyl halides is 1. The molecule has 8 heteroatoms. The van der Waals surface area contributed by atoms with Crippen LogP contribution in [-0.4, -0.2) is 44.5 Å². The lowest BCUT2D eigenvalue weighted by Crippen LogP contribution is -2.46. The van der Waals surface area contributed by atoms with Crippen molar-refractivity contribution in [2.24, 2.45) is 0 Å². The van der Waals surface area contributed by atoms with Crippen LogP contribution in [0.15, 0.2) is 6.07 Å². The van der Waals surface area contributed by atoms with E-state index in [1.807, 2.05) is 27.7 Å². The molecule has 0 aliphatic carbocycles. The molecule has 1 atom stereocenters. The van der Waals surface area contributed by atoms with Crippen LogP contribution in [0.5, 0.6) is 0 Å². The van der Waals surface area contributed by atoms with E-state index in [4.69, 9.17) is 21.1 Å². The Balaban J connectivity index is 2.15. The molecule has 2 rings (SSSR count). The van der Waals surface area contributed by atoms with Crippen molar-refractivity contribution in [1.29, 1.82) is 0 Å². The Labute approximate surface area is 134 Å². The van der Waals surface area contributed by atoms with E-state index in [1.54, 1.807) is 15.6 Å². The molecule has 0 aromatic carbocycles. The third kappa shape index (κ3) is 3.71. The first kappa shape index (κ1) is 16.6. The number of halogens is 1. The molecule has 1 aromatic rings. The van der Waals surface area contributed by atoms with Crippen LogP contribution in [0.25, 0.3) is 0 Å². The number of fused-ring (bicyclic) bond motifs is 1. The van der Waals surface area contributed by atoms with Crippen LogP contribution in [0.4, 0.5) is 4.79 Å². The molecule has 0 fully saturated rings. The number of hydrogen-bond acceptors (Lipinski definition) is 5. The van der Waals surface area contributed by atoms with Gasteiger partial charge in [-0.3, -0.25) is 9.58 Å². The largest absolute Gasteiger partial charge is 0.445 e. The van der Waals surface area contributed by atoms with Gasteiger partial charge in [-0.2, -0.15) is 5.10 Å². The Kier molecular flexibility index (Phi) is 4.65. The quantitative estimate of drug-likeness (QED) is 0.615. The Bertz CT molecular complexity index is 579. The smallest absolute Gasteiger partial charge is 0.410 e. The molecule has 0 N–H and O–H groups in total. The molecule has 0 saturated carbocycles. The number of ether oxygens (including phenoxy) is 2. The molecule has 0 saturated heterocycles. The molecule has 0 bridgehead atoms. The minimum Gasteiger partial charge on any atom is -0.445 e. The average Bonchev–Trinajstić information content (AvgIpc) is 2.78. The van der Waals surface area contributed by atoms with Gasteiger partial charge in [-0.15, -0.1) is 0 Å². The molecule has 2 heterocycles. The highest BCUT2D eigenvalue weighted by molar-refractivity contribution is 6.17. The van der Waals surface area contributed by atoms with E-state index in [-0.39, 0.29) is 23.9 Å². The van der Waals surface area contributed by atoms with Crippen LogP contribution in [0, 0.1) is 0 Å². The van der Waals surface area contributed by atoms with Crippen LogP contribution in [0.2, 0.25) is 0 Å². The summed E-state index contributed by atoms with van der Waals surface area (Å²) < 4.78 is 11.8. The van der Waals surface area contributed by atoms with Gasteiger partial charge in [-0.25, -0.2) is 9.59 Å². The van der Waals surface area contributed by atoms with E-state index in [0.717, 1.165) is 5.69 Å². The molecule has 0 radical (unpaired) electrons. The van der Waals surface area contributed by atoms with E-state index in [9.17, 15) is 9.59 Å². The highest BCUT2D eigenvalue weighted by Gasteiger charge is 2.32. The zero-order valence-corrected chi connectivity index (χ0v) is 13.9. The molecule has 122 valence electrons. The Hall–Kier alpha value is -1.76. The average molecular weight is 330 g/mol. The predicted molar refractivity (Wildman–Crippen MR) is 79.6 cm³/mol. The summed E-state index contributed by atoms with van der Waals surface area (Å²) >= 11 is 5.38. The Morgan fingerprint density at radius 2 is 2.14 bits per heavy atom. The fraction of sp³-hybridized carbons (Fsp3) is 0.643. The predicted octanol–water partition coefficient (Wildman–Crippen LogP) is 2.38. The van der Waals surface area contributed by atoms with Gasteiger partial charge in [0.25, 0.3) is 0 Å². The number of carbonyl (C=O) groups excluding carboxylic acids is 2. The van der Waals surface area contributed by atoms with Crippen LogP contribution in [-0.2, 0) is 22.6 Å². The van der Waals surface area contributed by atoms with Crippen molar-refractivity contribution >= 4 is 23.7 Å². The monoisotopic (exact) mass is 329 g/mol. The third-order valence-electron chi connectivity index (χ3n) is 3.19. The molecular formula is C14H20ClN3O4. The summed E-state index contributed by atoms with van der Waals surface area (Å²) in [6.07, 6.45) is -0.377. The molecule has 1 unspecified atom stereocenters. The number of amides is 1. The number of aromatic nitrogens is 2. The molecule has 1 amide bonds. The molecule has 1 aromatic heterocycles. The lowest BCUT2D eigenvalue weighted by molar-refractivity contribution is 0.00899. The Morgan fingerprint density at radius 1 is 1.45 bits per heavy atom. The van der Waals surface area contributed by atoms with Crippen LogP contribution in [0.3, 0.4) is 0 Å².